The number of amides is 1. The van der Waals surface area contributed by atoms with Gasteiger partial charge in [0.15, 0.2) is 6.10 Å². The number of anilines is 1. The Morgan fingerprint density at radius 3 is 2.17 bits per heavy atom. The molecule has 0 saturated carbocycles. The van der Waals surface area contributed by atoms with Crippen LogP contribution >= 0.6 is 0 Å². The molecular weight excluding hydrogens is 378 g/mol. The molecule has 1 amide bonds. The average Bonchev–Trinajstić information content (AvgIpc) is 2.75. The second-order valence-electron chi connectivity index (χ2n) is 7.05. The number of hydrogen-bond donors (Lipinski definition) is 1. The van der Waals surface area contributed by atoms with Crippen LogP contribution < -0.4 is 19.5 Å². The van der Waals surface area contributed by atoms with Crippen LogP contribution in [0.15, 0.2) is 72.8 Å². The lowest BCUT2D eigenvalue weighted by molar-refractivity contribution is -0.122. The summed E-state index contributed by atoms with van der Waals surface area (Å²) in [6.07, 6.45) is -0.614. The molecule has 5 nitrogen and oxygen atoms in total. The fraction of sp³-hybridized carbons (Fsp3) is 0.240. The zero-order valence-electron chi connectivity index (χ0n) is 17.6. The molecule has 1 unspecified atom stereocenters. The Balaban J connectivity index is 1.45. The fourth-order valence-corrected chi connectivity index (χ4v) is 2.79. The highest BCUT2D eigenvalue weighted by Crippen LogP contribution is 2.21. The Hall–Kier alpha value is -3.47. The van der Waals surface area contributed by atoms with Crippen molar-refractivity contribution in [2.45, 2.75) is 26.9 Å². The second-order valence-corrected chi connectivity index (χ2v) is 7.05. The second kappa shape index (κ2) is 10.3. The summed E-state index contributed by atoms with van der Waals surface area (Å²) in [7, 11) is 0. The standard InChI is InChI=1S/C25H27NO4/c1-18-9-10-19(2)24(17-18)30-20(3)25(27)26-21-11-13-23(14-12-21)29-16-15-28-22-7-5-4-6-8-22/h4-14,17,20H,15-16H2,1-3H3,(H,26,27). The van der Waals surface area contributed by atoms with Crippen LogP contribution in [-0.4, -0.2) is 25.2 Å². The molecule has 0 spiro atoms. The number of rotatable bonds is 9. The number of hydrogen-bond acceptors (Lipinski definition) is 4. The van der Waals surface area contributed by atoms with Gasteiger partial charge in [0.2, 0.25) is 0 Å². The van der Waals surface area contributed by atoms with Crippen molar-refractivity contribution in [3.63, 3.8) is 0 Å². The molecule has 0 aliphatic rings. The van der Waals surface area contributed by atoms with Crippen LogP contribution in [0.2, 0.25) is 0 Å². The van der Waals surface area contributed by atoms with E-state index in [-0.39, 0.29) is 5.91 Å². The minimum absolute atomic E-state index is 0.208. The number of benzene rings is 3. The van der Waals surface area contributed by atoms with Crippen molar-refractivity contribution >= 4 is 11.6 Å². The summed E-state index contributed by atoms with van der Waals surface area (Å²) in [6.45, 7) is 6.58. The molecule has 1 atom stereocenters. The first-order valence-corrected chi connectivity index (χ1v) is 9.97. The molecule has 0 saturated heterocycles. The number of carbonyl (C=O) groups is 1. The van der Waals surface area contributed by atoms with Crippen molar-refractivity contribution in [3.8, 4) is 17.2 Å². The Bertz CT molecular complexity index is 955. The SMILES string of the molecule is Cc1ccc(C)c(OC(C)C(=O)Nc2ccc(OCCOc3ccccc3)cc2)c1. The van der Waals surface area contributed by atoms with Gasteiger partial charge in [0.1, 0.15) is 30.5 Å². The lowest BCUT2D eigenvalue weighted by Gasteiger charge is -2.17. The van der Waals surface area contributed by atoms with Gasteiger partial charge in [-0.05, 0) is 74.4 Å². The smallest absolute Gasteiger partial charge is 0.265 e. The highest BCUT2D eigenvalue weighted by molar-refractivity contribution is 5.94. The van der Waals surface area contributed by atoms with Crippen molar-refractivity contribution in [1.29, 1.82) is 0 Å². The van der Waals surface area contributed by atoms with Crippen LogP contribution in [0.25, 0.3) is 0 Å². The molecular formula is C25H27NO4. The monoisotopic (exact) mass is 405 g/mol. The first-order chi connectivity index (χ1) is 14.5. The molecule has 0 bridgehead atoms. The maximum atomic E-state index is 12.5. The van der Waals surface area contributed by atoms with E-state index in [1.54, 1.807) is 19.1 Å². The van der Waals surface area contributed by atoms with Gasteiger partial charge >= 0.3 is 0 Å². The van der Waals surface area contributed by atoms with E-state index in [1.807, 2.05) is 74.5 Å². The maximum Gasteiger partial charge on any atom is 0.265 e. The average molecular weight is 405 g/mol. The number of ether oxygens (including phenoxy) is 3. The van der Waals surface area contributed by atoms with Crippen molar-refractivity contribution in [3.05, 3.63) is 83.9 Å². The van der Waals surface area contributed by atoms with Crippen molar-refractivity contribution in [2.75, 3.05) is 18.5 Å². The van der Waals surface area contributed by atoms with E-state index in [4.69, 9.17) is 14.2 Å². The zero-order chi connectivity index (χ0) is 21.3. The lowest BCUT2D eigenvalue weighted by Crippen LogP contribution is -2.30. The van der Waals surface area contributed by atoms with Crippen LogP contribution in [-0.2, 0) is 4.79 Å². The summed E-state index contributed by atoms with van der Waals surface area (Å²) in [5, 5.41) is 2.87. The molecule has 3 rings (SSSR count). The van der Waals surface area contributed by atoms with Crippen molar-refractivity contribution in [1.82, 2.24) is 0 Å². The number of carbonyl (C=O) groups excluding carboxylic acids is 1. The van der Waals surface area contributed by atoms with Gasteiger partial charge in [0.25, 0.3) is 5.91 Å². The van der Waals surface area contributed by atoms with E-state index >= 15 is 0 Å². The normalized spacial score (nSPS) is 11.4. The molecule has 0 aromatic heterocycles. The molecule has 0 radical (unpaired) electrons. The van der Waals surface area contributed by atoms with Crippen molar-refractivity contribution < 1.29 is 19.0 Å². The van der Waals surface area contributed by atoms with Crippen LogP contribution in [0.3, 0.4) is 0 Å². The first-order valence-electron chi connectivity index (χ1n) is 9.97. The van der Waals surface area contributed by atoms with Gasteiger partial charge in [-0.2, -0.15) is 0 Å². The topological polar surface area (TPSA) is 56.8 Å². The van der Waals surface area contributed by atoms with Crippen LogP contribution in [0.4, 0.5) is 5.69 Å². The summed E-state index contributed by atoms with van der Waals surface area (Å²) in [4.78, 5) is 12.5. The van der Waals surface area contributed by atoms with E-state index in [0.717, 1.165) is 22.6 Å². The molecule has 30 heavy (non-hydrogen) atoms. The van der Waals surface area contributed by atoms with E-state index in [2.05, 4.69) is 5.32 Å². The molecule has 3 aromatic carbocycles. The van der Waals surface area contributed by atoms with Gasteiger partial charge in [-0.15, -0.1) is 0 Å². The number of para-hydroxylation sites is 1. The maximum absolute atomic E-state index is 12.5. The summed E-state index contributed by atoms with van der Waals surface area (Å²) in [5.74, 6) is 2.04. The molecule has 0 aliphatic carbocycles. The summed E-state index contributed by atoms with van der Waals surface area (Å²) < 4.78 is 17.1. The third-order valence-electron chi connectivity index (χ3n) is 4.50. The largest absolute Gasteiger partial charge is 0.490 e. The van der Waals surface area contributed by atoms with Crippen LogP contribution in [0, 0.1) is 13.8 Å². The predicted molar refractivity (Wildman–Crippen MR) is 119 cm³/mol. The van der Waals surface area contributed by atoms with Gasteiger partial charge in [-0.1, -0.05) is 30.3 Å². The molecule has 0 heterocycles. The summed E-state index contributed by atoms with van der Waals surface area (Å²) >= 11 is 0. The molecule has 1 N–H and O–H groups in total. The third kappa shape index (κ3) is 6.27. The molecule has 0 aliphatic heterocycles. The van der Waals surface area contributed by atoms with Crippen LogP contribution in [0.1, 0.15) is 18.1 Å². The number of nitrogens with one attached hydrogen (secondary N) is 1. The summed E-state index contributed by atoms with van der Waals surface area (Å²) in [6, 6.07) is 22.8. The van der Waals surface area contributed by atoms with Gasteiger partial charge in [0, 0.05) is 5.69 Å². The van der Waals surface area contributed by atoms with Gasteiger partial charge in [-0.3, -0.25) is 4.79 Å². The number of aryl methyl sites for hydroxylation is 2. The Morgan fingerprint density at radius 1 is 0.867 bits per heavy atom. The molecule has 3 aromatic rings. The zero-order valence-corrected chi connectivity index (χ0v) is 17.6. The predicted octanol–water partition coefficient (Wildman–Crippen LogP) is 5.17. The Morgan fingerprint density at radius 2 is 1.50 bits per heavy atom. The highest BCUT2D eigenvalue weighted by Gasteiger charge is 2.16. The summed E-state index contributed by atoms with van der Waals surface area (Å²) in [5.41, 5.74) is 2.77. The van der Waals surface area contributed by atoms with E-state index < -0.39 is 6.10 Å². The molecule has 156 valence electrons. The van der Waals surface area contributed by atoms with Gasteiger partial charge < -0.3 is 19.5 Å². The fourth-order valence-electron chi connectivity index (χ4n) is 2.79. The Kier molecular flexibility index (Phi) is 7.33. The lowest BCUT2D eigenvalue weighted by atomic mass is 10.1. The minimum atomic E-state index is -0.614. The Labute approximate surface area is 177 Å². The molecule has 5 heteroatoms. The van der Waals surface area contributed by atoms with Gasteiger partial charge in [-0.25, -0.2) is 0 Å². The highest BCUT2D eigenvalue weighted by atomic mass is 16.5. The van der Waals surface area contributed by atoms with Gasteiger partial charge in [0.05, 0.1) is 0 Å². The quantitative estimate of drug-likeness (QED) is 0.499. The van der Waals surface area contributed by atoms with E-state index in [1.165, 1.54) is 0 Å². The van der Waals surface area contributed by atoms with Crippen LogP contribution in [0.5, 0.6) is 17.2 Å². The minimum Gasteiger partial charge on any atom is -0.490 e. The third-order valence-corrected chi connectivity index (χ3v) is 4.50. The first kappa shape index (κ1) is 21.2. The van der Waals surface area contributed by atoms with E-state index in [0.29, 0.717) is 24.7 Å². The molecule has 0 fully saturated rings. The van der Waals surface area contributed by atoms with Crippen molar-refractivity contribution in [2.24, 2.45) is 0 Å². The van der Waals surface area contributed by atoms with E-state index in [9.17, 15) is 4.79 Å².